The molecule has 0 saturated carbocycles. The summed E-state index contributed by atoms with van der Waals surface area (Å²) in [7, 11) is 0. The molecule has 0 aliphatic rings. The molecule has 0 fully saturated rings. The second kappa shape index (κ2) is 7.00. The number of nitrogens with one attached hydrogen (secondary N) is 1. The molecule has 0 spiro atoms. The smallest absolute Gasteiger partial charge is 0.252 e. The highest BCUT2D eigenvalue weighted by Gasteiger charge is 2.09. The van der Waals surface area contributed by atoms with Gasteiger partial charge < -0.3 is 5.32 Å². The van der Waals surface area contributed by atoms with E-state index in [4.69, 9.17) is 0 Å². The van der Waals surface area contributed by atoms with Gasteiger partial charge in [0.05, 0.1) is 5.56 Å². The Morgan fingerprint density at radius 2 is 2.00 bits per heavy atom. The van der Waals surface area contributed by atoms with Crippen LogP contribution in [0.15, 0.2) is 47.2 Å². The average Bonchev–Trinajstić information content (AvgIpc) is 2.42. The van der Waals surface area contributed by atoms with Crippen LogP contribution in [0.25, 0.3) is 0 Å². The van der Waals surface area contributed by atoms with Gasteiger partial charge in [-0.2, -0.15) is 0 Å². The average molecular weight is 431 g/mol. The first-order chi connectivity index (χ1) is 9.16. The molecule has 0 radical (unpaired) electrons. The minimum Gasteiger partial charge on any atom is -0.352 e. The summed E-state index contributed by atoms with van der Waals surface area (Å²) in [4.78, 5) is 16.0. The molecule has 1 aromatic heterocycles. The third-order valence-corrected chi connectivity index (χ3v) is 3.98. The summed E-state index contributed by atoms with van der Waals surface area (Å²) in [6, 6.07) is 9.62. The van der Waals surface area contributed by atoms with E-state index >= 15 is 0 Å². The summed E-state index contributed by atoms with van der Waals surface area (Å²) in [5.74, 6) is -0.0561. The number of rotatable bonds is 4. The summed E-state index contributed by atoms with van der Waals surface area (Å²) in [5.41, 5.74) is 1.83. The van der Waals surface area contributed by atoms with Crippen LogP contribution in [0.2, 0.25) is 0 Å². The Labute approximate surface area is 134 Å². The van der Waals surface area contributed by atoms with E-state index in [1.165, 1.54) is 0 Å². The lowest BCUT2D eigenvalue weighted by Gasteiger charge is -2.07. The molecule has 3 nitrogen and oxygen atoms in total. The lowest BCUT2D eigenvalue weighted by molar-refractivity contribution is 0.0953. The van der Waals surface area contributed by atoms with Gasteiger partial charge in [0.25, 0.3) is 5.91 Å². The molecule has 1 aromatic carbocycles. The molecule has 0 aliphatic carbocycles. The van der Waals surface area contributed by atoms with Crippen LogP contribution < -0.4 is 5.32 Å². The maximum absolute atomic E-state index is 12.1. The highest BCUT2D eigenvalue weighted by Crippen LogP contribution is 2.19. The van der Waals surface area contributed by atoms with Crippen molar-refractivity contribution in [2.24, 2.45) is 0 Å². The Hall–Kier alpha value is -0.950. The Morgan fingerprint density at radius 1 is 1.26 bits per heavy atom. The fourth-order valence-electron chi connectivity index (χ4n) is 1.64. The van der Waals surface area contributed by atoms with Crippen molar-refractivity contribution in [1.82, 2.24) is 10.3 Å². The first-order valence-electron chi connectivity index (χ1n) is 5.79. The minimum atomic E-state index is -0.0561. The van der Waals surface area contributed by atoms with Crippen LogP contribution in [0.1, 0.15) is 15.9 Å². The fraction of sp³-hybridized carbons (Fsp3) is 0.143. The van der Waals surface area contributed by atoms with Crippen LogP contribution in [0.4, 0.5) is 0 Å². The quantitative estimate of drug-likeness (QED) is 0.755. The number of halogens is 2. The predicted molar refractivity (Wildman–Crippen MR) is 87.1 cm³/mol. The number of hydrogen-bond acceptors (Lipinski definition) is 2. The van der Waals surface area contributed by atoms with Crippen LogP contribution >= 0.6 is 38.5 Å². The van der Waals surface area contributed by atoms with E-state index in [-0.39, 0.29) is 5.91 Å². The van der Waals surface area contributed by atoms with Gasteiger partial charge in [-0.15, -0.1) is 0 Å². The van der Waals surface area contributed by atoms with E-state index in [1.807, 2.05) is 30.3 Å². The Morgan fingerprint density at radius 3 is 2.74 bits per heavy atom. The van der Waals surface area contributed by atoms with Crippen LogP contribution in [0.3, 0.4) is 0 Å². The van der Waals surface area contributed by atoms with Crippen molar-refractivity contribution < 1.29 is 4.79 Å². The number of hydrogen-bond donors (Lipinski definition) is 1. The maximum Gasteiger partial charge on any atom is 0.252 e. The normalized spacial score (nSPS) is 10.2. The largest absolute Gasteiger partial charge is 0.352 e. The summed E-state index contributed by atoms with van der Waals surface area (Å²) in [6.45, 7) is 0.612. The second-order valence-electron chi connectivity index (χ2n) is 3.99. The van der Waals surface area contributed by atoms with Crippen molar-refractivity contribution in [2.75, 3.05) is 6.54 Å². The van der Waals surface area contributed by atoms with E-state index in [0.717, 1.165) is 20.0 Å². The molecule has 0 aliphatic heterocycles. The van der Waals surface area contributed by atoms with Gasteiger partial charge in [0.1, 0.15) is 0 Å². The molecule has 0 atom stereocenters. The van der Waals surface area contributed by atoms with Gasteiger partial charge in [0.2, 0.25) is 0 Å². The first kappa shape index (κ1) is 14.5. The Kier molecular flexibility index (Phi) is 5.33. The molecule has 2 rings (SSSR count). The van der Waals surface area contributed by atoms with Gasteiger partial charge in [-0.1, -0.05) is 0 Å². The van der Waals surface area contributed by atoms with Crippen LogP contribution in [-0.4, -0.2) is 17.4 Å². The molecule has 0 saturated heterocycles. The predicted octanol–water partition coefficient (Wildman–Crippen LogP) is 3.42. The van der Waals surface area contributed by atoms with Crippen LogP contribution in [0, 0.1) is 3.57 Å². The zero-order valence-corrected chi connectivity index (χ0v) is 13.8. The SMILES string of the molecule is O=C(NCCc1ccncc1)c1cc(I)ccc1Br. The van der Waals surface area contributed by atoms with Gasteiger partial charge in [0, 0.05) is 27.0 Å². The third kappa shape index (κ3) is 4.28. The maximum atomic E-state index is 12.1. The monoisotopic (exact) mass is 430 g/mol. The second-order valence-corrected chi connectivity index (χ2v) is 6.09. The molecule has 98 valence electrons. The molecule has 1 N–H and O–H groups in total. The fourth-order valence-corrected chi connectivity index (χ4v) is 2.55. The van der Waals surface area contributed by atoms with Gasteiger partial charge in [-0.25, -0.2) is 0 Å². The number of carbonyl (C=O) groups is 1. The van der Waals surface area contributed by atoms with Gasteiger partial charge in [-0.3, -0.25) is 9.78 Å². The highest BCUT2D eigenvalue weighted by molar-refractivity contribution is 14.1. The molecule has 0 unspecified atom stereocenters. The van der Waals surface area contributed by atoms with Gasteiger partial charge in [0.15, 0.2) is 0 Å². The molecule has 19 heavy (non-hydrogen) atoms. The van der Waals surface area contributed by atoms with E-state index in [1.54, 1.807) is 12.4 Å². The van der Waals surface area contributed by atoms with E-state index in [9.17, 15) is 4.79 Å². The molecule has 5 heteroatoms. The van der Waals surface area contributed by atoms with Crippen molar-refractivity contribution in [1.29, 1.82) is 0 Å². The lowest BCUT2D eigenvalue weighted by atomic mass is 10.2. The number of pyridine rings is 1. The number of benzene rings is 1. The third-order valence-electron chi connectivity index (χ3n) is 2.62. The Bertz CT molecular complexity index is 575. The van der Waals surface area contributed by atoms with Crippen molar-refractivity contribution >= 4 is 44.4 Å². The van der Waals surface area contributed by atoms with Crippen molar-refractivity contribution in [3.05, 3.63) is 61.9 Å². The first-order valence-corrected chi connectivity index (χ1v) is 7.66. The van der Waals surface area contributed by atoms with Crippen LogP contribution in [0.5, 0.6) is 0 Å². The number of carbonyl (C=O) groups excluding carboxylic acids is 1. The summed E-state index contributed by atoms with van der Waals surface area (Å²) in [5, 5.41) is 2.92. The Balaban J connectivity index is 1.93. The van der Waals surface area contributed by atoms with E-state index in [2.05, 4.69) is 48.8 Å². The summed E-state index contributed by atoms with van der Waals surface area (Å²) >= 11 is 5.59. The number of amides is 1. The van der Waals surface area contributed by atoms with Crippen molar-refractivity contribution in [3.8, 4) is 0 Å². The lowest BCUT2D eigenvalue weighted by Crippen LogP contribution is -2.26. The number of aromatic nitrogens is 1. The van der Waals surface area contributed by atoms with Crippen LogP contribution in [-0.2, 0) is 6.42 Å². The summed E-state index contributed by atoms with van der Waals surface area (Å²) in [6.07, 6.45) is 4.32. The van der Waals surface area contributed by atoms with E-state index < -0.39 is 0 Å². The summed E-state index contributed by atoms with van der Waals surface area (Å²) < 4.78 is 1.86. The van der Waals surface area contributed by atoms with Crippen molar-refractivity contribution in [3.63, 3.8) is 0 Å². The minimum absolute atomic E-state index is 0.0561. The van der Waals surface area contributed by atoms with E-state index in [0.29, 0.717) is 12.1 Å². The molecule has 1 heterocycles. The van der Waals surface area contributed by atoms with Crippen molar-refractivity contribution in [2.45, 2.75) is 6.42 Å². The zero-order chi connectivity index (χ0) is 13.7. The topological polar surface area (TPSA) is 42.0 Å². The molecule has 0 bridgehead atoms. The number of nitrogens with zero attached hydrogens (tertiary/aromatic N) is 1. The molecule has 1 amide bonds. The highest BCUT2D eigenvalue weighted by atomic mass is 127. The molecular weight excluding hydrogens is 419 g/mol. The van der Waals surface area contributed by atoms with Gasteiger partial charge in [-0.05, 0) is 80.8 Å². The van der Waals surface area contributed by atoms with Gasteiger partial charge >= 0.3 is 0 Å². The standard InChI is InChI=1S/C14H12BrIN2O/c15-13-2-1-11(16)9-12(13)14(19)18-8-5-10-3-6-17-7-4-10/h1-4,6-7,9H,5,8H2,(H,18,19). The zero-order valence-electron chi connectivity index (χ0n) is 10.1. The molecule has 2 aromatic rings. The molecular formula is C14H12BrIN2O.